The molecule has 19 heavy (non-hydrogen) atoms. The van der Waals surface area contributed by atoms with Crippen LogP contribution >= 0.6 is 0 Å². The number of nitrogens with zero attached hydrogens (tertiary/aromatic N) is 1. The van der Waals surface area contributed by atoms with Crippen molar-refractivity contribution >= 4 is 17.3 Å². The third-order valence-electron chi connectivity index (χ3n) is 2.70. The molecule has 0 aliphatic rings. The number of rotatable bonds is 7. The number of carbonyl (C=O) groups excluding carboxylic acids is 1. The molecule has 6 nitrogen and oxygen atoms in total. The first-order valence-electron chi connectivity index (χ1n) is 6.09. The van der Waals surface area contributed by atoms with Gasteiger partial charge in [0.1, 0.15) is 5.75 Å². The van der Waals surface area contributed by atoms with Gasteiger partial charge in [0, 0.05) is 25.2 Å². The Morgan fingerprint density at radius 1 is 1.47 bits per heavy atom. The van der Waals surface area contributed by atoms with Crippen molar-refractivity contribution in [3.05, 3.63) is 18.2 Å². The van der Waals surface area contributed by atoms with Crippen LogP contribution in [0.15, 0.2) is 18.2 Å². The summed E-state index contributed by atoms with van der Waals surface area (Å²) in [5.74, 6) is 0.458. The fourth-order valence-electron chi connectivity index (χ4n) is 1.61. The molecule has 0 bridgehead atoms. The standard InChI is InChI=1S/C13H21N3O3/c1-16(7-8-17)6-5-13(18)15-11-9-10(14)3-4-12(11)19-2/h3-4,9,17H,5-8,14H2,1-2H3,(H,15,18). The van der Waals surface area contributed by atoms with Crippen LogP contribution in [0, 0.1) is 0 Å². The highest BCUT2D eigenvalue weighted by molar-refractivity contribution is 5.93. The zero-order valence-electron chi connectivity index (χ0n) is 11.3. The number of amides is 1. The van der Waals surface area contributed by atoms with Gasteiger partial charge in [-0.25, -0.2) is 0 Å². The Labute approximate surface area is 113 Å². The molecule has 0 aliphatic carbocycles. The quantitative estimate of drug-likeness (QED) is 0.627. The van der Waals surface area contributed by atoms with Gasteiger partial charge in [-0.2, -0.15) is 0 Å². The van der Waals surface area contributed by atoms with Crippen LogP contribution in [0.4, 0.5) is 11.4 Å². The second-order valence-electron chi connectivity index (χ2n) is 4.28. The molecule has 1 aromatic rings. The van der Waals surface area contributed by atoms with Crippen molar-refractivity contribution in [2.45, 2.75) is 6.42 Å². The van der Waals surface area contributed by atoms with E-state index < -0.39 is 0 Å². The molecule has 6 heteroatoms. The van der Waals surface area contributed by atoms with E-state index >= 15 is 0 Å². The third kappa shape index (κ3) is 5.15. The summed E-state index contributed by atoms with van der Waals surface area (Å²) in [6.45, 7) is 1.22. The van der Waals surface area contributed by atoms with Crippen molar-refractivity contribution < 1.29 is 14.6 Å². The molecule has 0 aromatic heterocycles. The van der Waals surface area contributed by atoms with Gasteiger partial charge in [-0.15, -0.1) is 0 Å². The topological polar surface area (TPSA) is 87.8 Å². The molecule has 106 valence electrons. The molecule has 0 fully saturated rings. The van der Waals surface area contributed by atoms with E-state index in [1.165, 1.54) is 7.11 Å². The lowest BCUT2D eigenvalue weighted by Gasteiger charge is -2.15. The summed E-state index contributed by atoms with van der Waals surface area (Å²) in [6.07, 6.45) is 0.342. The number of aliphatic hydroxyl groups is 1. The molecule has 0 saturated carbocycles. The first-order valence-corrected chi connectivity index (χ1v) is 6.09. The van der Waals surface area contributed by atoms with E-state index in [1.807, 2.05) is 11.9 Å². The highest BCUT2D eigenvalue weighted by Gasteiger charge is 2.09. The molecule has 1 aromatic carbocycles. The Hall–Kier alpha value is -1.79. The van der Waals surface area contributed by atoms with E-state index in [1.54, 1.807) is 18.2 Å². The second kappa shape index (κ2) is 7.60. The first-order chi connectivity index (χ1) is 9.06. The third-order valence-corrected chi connectivity index (χ3v) is 2.70. The largest absolute Gasteiger partial charge is 0.495 e. The number of benzene rings is 1. The van der Waals surface area contributed by atoms with Gasteiger partial charge >= 0.3 is 0 Å². The lowest BCUT2D eigenvalue weighted by molar-refractivity contribution is -0.116. The average Bonchev–Trinajstić information content (AvgIpc) is 2.37. The summed E-state index contributed by atoms with van der Waals surface area (Å²) < 4.78 is 5.15. The minimum absolute atomic E-state index is 0.0845. The predicted octanol–water partition coefficient (Wildman–Crippen LogP) is 0.530. The van der Waals surface area contributed by atoms with Gasteiger partial charge in [0.05, 0.1) is 19.4 Å². The zero-order valence-corrected chi connectivity index (χ0v) is 11.3. The van der Waals surface area contributed by atoms with Crippen LogP contribution in [-0.4, -0.2) is 49.8 Å². The van der Waals surface area contributed by atoms with Crippen LogP contribution in [0.5, 0.6) is 5.75 Å². The maximum Gasteiger partial charge on any atom is 0.225 e. The predicted molar refractivity (Wildman–Crippen MR) is 75.2 cm³/mol. The van der Waals surface area contributed by atoms with Crippen molar-refractivity contribution in [3.63, 3.8) is 0 Å². The van der Waals surface area contributed by atoms with E-state index in [-0.39, 0.29) is 12.5 Å². The molecule has 0 heterocycles. The van der Waals surface area contributed by atoms with Crippen LogP contribution in [-0.2, 0) is 4.79 Å². The van der Waals surface area contributed by atoms with Crippen LogP contribution in [0.1, 0.15) is 6.42 Å². The molecule has 0 saturated heterocycles. The van der Waals surface area contributed by atoms with Crippen molar-refractivity contribution in [1.82, 2.24) is 4.90 Å². The average molecular weight is 267 g/mol. The van der Waals surface area contributed by atoms with Gasteiger partial charge in [0.2, 0.25) is 5.91 Å². The molecular formula is C13H21N3O3. The summed E-state index contributed by atoms with van der Waals surface area (Å²) in [5.41, 5.74) is 6.81. The smallest absolute Gasteiger partial charge is 0.225 e. The van der Waals surface area contributed by atoms with E-state index in [9.17, 15) is 4.79 Å². The van der Waals surface area contributed by atoms with Gasteiger partial charge in [-0.3, -0.25) is 4.79 Å². The van der Waals surface area contributed by atoms with Crippen molar-refractivity contribution in [3.8, 4) is 5.75 Å². The van der Waals surface area contributed by atoms with Gasteiger partial charge < -0.3 is 25.8 Å². The van der Waals surface area contributed by atoms with Gasteiger partial charge in [-0.05, 0) is 25.2 Å². The monoisotopic (exact) mass is 267 g/mol. The fourth-order valence-corrected chi connectivity index (χ4v) is 1.61. The summed E-state index contributed by atoms with van der Waals surface area (Å²) in [6, 6.07) is 5.08. The van der Waals surface area contributed by atoms with E-state index in [0.717, 1.165) is 0 Å². The lowest BCUT2D eigenvalue weighted by Crippen LogP contribution is -2.26. The number of ether oxygens (including phenoxy) is 1. The number of nitrogens with two attached hydrogens (primary N) is 1. The Morgan fingerprint density at radius 2 is 2.21 bits per heavy atom. The highest BCUT2D eigenvalue weighted by atomic mass is 16.5. The summed E-state index contributed by atoms with van der Waals surface area (Å²) in [4.78, 5) is 13.7. The van der Waals surface area contributed by atoms with Crippen molar-refractivity contribution in [1.29, 1.82) is 0 Å². The minimum atomic E-state index is -0.117. The van der Waals surface area contributed by atoms with Gasteiger partial charge in [0.15, 0.2) is 0 Å². The second-order valence-corrected chi connectivity index (χ2v) is 4.28. The number of carbonyl (C=O) groups is 1. The minimum Gasteiger partial charge on any atom is -0.495 e. The molecule has 4 N–H and O–H groups in total. The van der Waals surface area contributed by atoms with Crippen molar-refractivity contribution in [2.75, 3.05) is 44.9 Å². The van der Waals surface area contributed by atoms with E-state index in [2.05, 4.69) is 5.32 Å². The van der Waals surface area contributed by atoms with Gasteiger partial charge in [0.25, 0.3) is 0 Å². The fraction of sp³-hybridized carbons (Fsp3) is 0.462. The number of methoxy groups -OCH3 is 1. The number of aliphatic hydroxyl groups excluding tert-OH is 1. The highest BCUT2D eigenvalue weighted by Crippen LogP contribution is 2.26. The molecule has 0 atom stereocenters. The SMILES string of the molecule is COc1ccc(N)cc1NC(=O)CCN(C)CCO. The Kier molecular flexibility index (Phi) is 6.11. The molecule has 1 amide bonds. The molecule has 0 aliphatic heterocycles. The maximum absolute atomic E-state index is 11.8. The lowest BCUT2D eigenvalue weighted by atomic mass is 10.2. The Balaban J connectivity index is 2.54. The van der Waals surface area contributed by atoms with Crippen molar-refractivity contribution in [2.24, 2.45) is 0 Å². The molecule has 0 unspecified atom stereocenters. The summed E-state index contributed by atoms with van der Waals surface area (Å²) in [5, 5.41) is 11.5. The number of likely N-dealkylation sites (N-methyl/N-ethyl adjacent to an activating group) is 1. The summed E-state index contributed by atoms with van der Waals surface area (Å²) >= 11 is 0. The normalized spacial score (nSPS) is 10.5. The Bertz CT molecular complexity index is 424. The maximum atomic E-state index is 11.8. The number of anilines is 2. The van der Waals surface area contributed by atoms with Gasteiger partial charge in [-0.1, -0.05) is 0 Å². The van der Waals surface area contributed by atoms with E-state index in [0.29, 0.717) is 36.6 Å². The van der Waals surface area contributed by atoms with Crippen LogP contribution in [0.3, 0.4) is 0 Å². The first kappa shape index (κ1) is 15.3. The molecule has 0 radical (unpaired) electrons. The van der Waals surface area contributed by atoms with Crippen LogP contribution in [0.2, 0.25) is 0 Å². The van der Waals surface area contributed by atoms with E-state index in [4.69, 9.17) is 15.6 Å². The molecule has 1 rings (SSSR count). The molecule has 0 spiro atoms. The number of nitrogen functional groups attached to an aromatic ring is 1. The number of hydrogen-bond donors (Lipinski definition) is 3. The molecular weight excluding hydrogens is 246 g/mol. The van der Waals surface area contributed by atoms with Crippen LogP contribution in [0.25, 0.3) is 0 Å². The number of nitrogens with one attached hydrogen (secondary N) is 1. The van der Waals surface area contributed by atoms with Crippen LogP contribution < -0.4 is 15.8 Å². The number of hydrogen-bond acceptors (Lipinski definition) is 5. The zero-order chi connectivity index (χ0) is 14.3. The Morgan fingerprint density at radius 3 is 2.84 bits per heavy atom. The summed E-state index contributed by atoms with van der Waals surface area (Å²) in [7, 11) is 3.39.